The lowest BCUT2D eigenvalue weighted by molar-refractivity contribution is 0.0883. The van der Waals surface area contributed by atoms with Gasteiger partial charge in [0, 0.05) is 11.1 Å². The van der Waals surface area contributed by atoms with E-state index in [0.29, 0.717) is 28.2 Å². The first-order valence-electron chi connectivity index (χ1n) is 10.9. The average Bonchev–Trinajstić information content (AvgIpc) is 2.78. The molecule has 0 heterocycles. The maximum absolute atomic E-state index is 13.0. The van der Waals surface area contributed by atoms with Crippen LogP contribution in [0.5, 0.6) is 11.5 Å². The Morgan fingerprint density at radius 3 is 1.76 bits per heavy atom. The van der Waals surface area contributed by atoms with Gasteiger partial charge in [-0.25, -0.2) is 0 Å². The fraction of sp³-hybridized carbons (Fsp3) is 0.259. The van der Waals surface area contributed by atoms with Crippen molar-refractivity contribution < 1.29 is 19.1 Å². The molecule has 0 aliphatic rings. The summed E-state index contributed by atoms with van der Waals surface area (Å²) < 4.78 is 11.3. The standard InChI is InChI=1S/C27H30N2O4/c1-17(2)33-23-13-12-20(16-24(23)32-5)25(28-26(30)21-10-6-8-18(3)14-21)29-27(31)22-11-7-9-19(4)15-22/h6-17,25H,1-5H3,(H,28,30)(H,29,31). The fourth-order valence-electron chi connectivity index (χ4n) is 3.42. The van der Waals surface area contributed by atoms with Crippen LogP contribution < -0.4 is 20.1 Å². The Morgan fingerprint density at radius 2 is 1.30 bits per heavy atom. The number of ether oxygens (including phenoxy) is 2. The highest BCUT2D eigenvalue weighted by molar-refractivity contribution is 5.97. The quantitative estimate of drug-likeness (QED) is 0.480. The second-order valence-corrected chi connectivity index (χ2v) is 8.20. The summed E-state index contributed by atoms with van der Waals surface area (Å²) in [5.41, 5.74) is 3.62. The molecule has 0 radical (unpaired) electrons. The van der Waals surface area contributed by atoms with E-state index >= 15 is 0 Å². The van der Waals surface area contributed by atoms with Gasteiger partial charge in [-0.15, -0.1) is 0 Å². The summed E-state index contributed by atoms with van der Waals surface area (Å²) in [7, 11) is 1.55. The van der Waals surface area contributed by atoms with E-state index in [0.717, 1.165) is 11.1 Å². The fourth-order valence-corrected chi connectivity index (χ4v) is 3.42. The second kappa shape index (κ2) is 10.7. The zero-order chi connectivity index (χ0) is 24.0. The van der Waals surface area contributed by atoms with Crippen molar-refractivity contribution in [3.63, 3.8) is 0 Å². The molecule has 0 atom stereocenters. The Kier molecular flexibility index (Phi) is 7.72. The number of carbonyl (C=O) groups is 2. The molecule has 0 aliphatic heterocycles. The van der Waals surface area contributed by atoms with E-state index in [1.54, 1.807) is 49.6 Å². The maximum atomic E-state index is 13.0. The molecule has 0 bridgehead atoms. The van der Waals surface area contributed by atoms with Crippen molar-refractivity contribution in [1.82, 2.24) is 10.6 Å². The number of nitrogens with one attached hydrogen (secondary N) is 2. The summed E-state index contributed by atoms with van der Waals surface area (Å²) >= 11 is 0. The van der Waals surface area contributed by atoms with E-state index in [1.807, 2.05) is 52.0 Å². The monoisotopic (exact) mass is 446 g/mol. The van der Waals surface area contributed by atoms with Gasteiger partial charge < -0.3 is 20.1 Å². The number of benzene rings is 3. The first-order valence-corrected chi connectivity index (χ1v) is 10.9. The highest BCUT2D eigenvalue weighted by atomic mass is 16.5. The van der Waals surface area contributed by atoms with E-state index in [1.165, 1.54) is 0 Å². The van der Waals surface area contributed by atoms with Crippen LogP contribution in [0.3, 0.4) is 0 Å². The molecule has 3 rings (SSSR count). The van der Waals surface area contributed by atoms with Crippen LogP contribution in [0.2, 0.25) is 0 Å². The van der Waals surface area contributed by atoms with Crippen LogP contribution in [0.25, 0.3) is 0 Å². The van der Waals surface area contributed by atoms with Gasteiger partial charge in [-0.3, -0.25) is 9.59 Å². The van der Waals surface area contributed by atoms with Crippen molar-refractivity contribution in [2.24, 2.45) is 0 Å². The summed E-state index contributed by atoms with van der Waals surface area (Å²) in [6.07, 6.45) is -0.810. The van der Waals surface area contributed by atoms with Gasteiger partial charge in [-0.2, -0.15) is 0 Å². The summed E-state index contributed by atoms with van der Waals surface area (Å²) in [5.74, 6) is 0.510. The summed E-state index contributed by atoms with van der Waals surface area (Å²) in [4.78, 5) is 26.0. The Balaban J connectivity index is 1.93. The largest absolute Gasteiger partial charge is 0.493 e. The third-order valence-electron chi connectivity index (χ3n) is 5.00. The molecule has 0 spiro atoms. The number of methoxy groups -OCH3 is 1. The number of carbonyl (C=O) groups excluding carboxylic acids is 2. The minimum atomic E-state index is -0.784. The topological polar surface area (TPSA) is 76.7 Å². The molecule has 2 N–H and O–H groups in total. The number of aryl methyl sites for hydroxylation is 2. The van der Waals surface area contributed by atoms with Crippen LogP contribution in [-0.2, 0) is 0 Å². The molecule has 0 unspecified atom stereocenters. The Bertz CT molecular complexity index is 1080. The zero-order valence-corrected chi connectivity index (χ0v) is 19.6. The average molecular weight is 447 g/mol. The van der Waals surface area contributed by atoms with Crippen LogP contribution in [0.4, 0.5) is 0 Å². The van der Waals surface area contributed by atoms with Crippen molar-refractivity contribution >= 4 is 11.8 Å². The molecule has 0 saturated carbocycles. The van der Waals surface area contributed by atoms with E-state index in [-0.39, 0.29) is 17.9 Å². The summed E-state index contributed by atoms with van der Waals surface area (Å²) in [5, 5.41) is 5.87. The van der Waals surface area contributed by atoms with Gasteiger partial charge in [-0.05, 0) is 69.7 Å². The third-order valence-corrected chi connectivity index (χ3v) is 5.00. The van der Waals surface area contributed by atoms with Crippen LogP contribution in [0.1, 0.15) is 57.4 Å². The second-order valence-electron chi connectivity index (χ2n) is 8.20. The van der Waals surface area contributed by atoms with Gasteiger partial charge in [0.25, 0.3) is 11.8 Å². The van der Waals surface area contributed by atoms with Gasteiger partial charge >= 0.3 is 0 Å². The van der Waals surface area contributed by atoms with E-state index in [4.69, 9.17) is 9.47 Å². The van der Waals surface area contributed by atoms with Gasteiger partial charge in [0.05, 0.1) is 13.2 Å². The maximum Gasteiger partial charge on any atom is 0.253 e. The molecule has 6 heteroatoms. The van der Waals surface area contributed by atoms with Crippen molar-refractivity contribution in [3.8, 4) is 11.5 Å². The van der Waals surface area contributed by atoms with E-state index in [2.05, 4.69) is 10.6 Å². The SMILES string of the molecule is COc1cc(C(NC(=O)c2cccc(C)c2)NC(=O)c2cccc(C)c2)ccc1OC(C)C. The molecular weight excluding hydrogens is 416 g/mol. The highest BCUT2D eigenvalue weighted by Gasteiger charge is 2.21. The normalized spacial score (nSPS) is 10.8. The predicted octanol–water partition coefficient (Wildman–Crippen LogP) is 4.96. The zero-order valence-electron chi connectivity index (χ0n) is 19.6. The molecule has 0 aromatic heterocycles. The first kappa shape index (κ1) is 23.9. The van der Waals surface area contributed by atoms with E-state index in [9.17, 15) is 9.59 Å². The molecule has 0 saturated heterocycles. The molecule has 3 aromatic carbocycles. The Morgan fingerprint density at radius 1 is 0.758 bits per heavy atom. The Labute approximate surface area is 194 Å². The minimum Gasteiger partial charge on any atom is -0.493 e. The van der Waals surface area contributed by atoms with Crippen LogP contribution >= 0.6 is 0 Å². The molecule has 6 nitrogen and oxygen atoms in total. The smallest absolute Gasteiger partial charge is 0.253 e. The highest BCUT2D eigenvalue weighted by Crippen LogP contribution is 2.31. The number of amides is 2. The van der Waals surface area contributed by atoms with Crippen molar-refractivity contribution in [1.29, 1.82) is 0 Å². The Hall–Kier alpha value is -3.80. The van der Waals surface area contributed by atoms with E-state index < -0.39 is 6.17 Å². The predicted molar refractivity (Wildman–Crippen MR) is 129 cm³/mol. The minimum absolute atomic E-state index is 0.0254. The molecule has 0 aliphatic carbocycles. The van der Waals surface area contributed by atoms with Gasteiger partial charge in [0.2, 0.25) is 0 Å². The lowest BCUT2D eigenvalue weighted by Gasteiger charge is -2.23. The third kappa shape index (κ3) is 6.35. The number of hydrogen-bond acceptors (Lipinski definition) is 4. The molecule has 3 aromatic rings. The lowest BCUT2D eigenvalue weighted by Crippen LogP contribution is -2.41. The van der Waals surface area contributed by atoms with Crippen molar-refractivity contribution in [2.75, 3.05) is 7.11 Å². The first-order chi connectivity index (χ1) is 15.8. The van der Waals surface area contributed by atoms with Gasteiger partial charge in [0.1, 0.15) is 6.17 Å². The van der Waals surface area contributed by atoms with Gasteiger partial charge in [0.15, 0.2) is 11.5 Å². The van der Waals surface area contributed by atoms with Crippen molar-refractivity contribution in [2.45, 2.75) is 40.0 Å². The lowest BCUT2D eigenvalue weighted by atomic mass is 10.1. The van der Waals surface area contributed by atoms with Crippen molar-refractivity contribution in [3.05, 3.63) is 94.5 Å². The molecule has 0 fully saturated rings. The molecular formula is C27H30N2O4. The van der Waals surface area contributed by atoms with Crippen LogP contribution in [0, 0.1) is 13.8 Å². The molecule has 172 valence electrons. The van der Waals surface area contributed by atoms with Crippen LogP contribution in [-0.4, -0.2) is 25.0 Å². The summed E-state index contributed by atoms with van der Waals surface area (Å²) in [6, 6.07) is 19.9. The van der Waals surface area contributed by atoms with Crippen LogP contribution in [0.15, 0.2) is 66.7 Å². The molecule has 33 heavy (non-hydrogen) atoms. The van der Waals surface area contributed by atoms with Gasteiger partial charge in [-0.1, -0.05) is 41.5 Å². The molecule has 2 amide bonds. The number of hydrogen-bond donors (Lipinski definition) is 2. The summed E-state index contributed by atoms with van der Waals surface area (Å²) in [6.45, 7) is 7.71. The number of rotatable bonds is 8.